The van der Waals surface area contributed by atoms with E-state index in [2.05, 4.69) is 43.0 Å². The molecular weight excluding hydrogens is 244 g/mol. The summed E-state index contributed by atoms with van der Waals surface area (Å²) in [5, 5.41) is 0. The van der Waals surface area contributed by atoms with E-state index in [0.29, 0.717) is 17.9 Å². The molecule has 2 unspecified atom stereocenters. The van der Waals surface area contributed by atoms with Crippen molar-refractivity contribution in [1.29, 1.82) is 0 Å². The van der Waals surface area contributed by atoms with E-state index < -0.39 is 0 Å². The molecule has 2 heteroatoms. The highest BCUT2D eigenvalue weighted by Gasteiger charge is 2.30. The van der Waals surface area contributed by atoms with Crippen LogP contribution in [0.2, 0.25) is 0 Å². The number of benzene rings is 1. The molecule has 2 atom stereocenters. The Hall–Kier alpha value is -0.860. The predicted octanol–water partition coefficient (Wildman–Crippen LogP) is 3.34. The van der Waals surface area contributed by atoms with Crippen LogP contribution in [0.5, 0.6) is 0 Å². The highest BCUT2D eigenvalue weighted by Crippen LogP contribution is 2.33. The van der Waals surface area contributed by atoms with Gasteiger partial charge in [-0.2, -0.15) is 0 Å². The number of hydrogen-bond donors (Lipinski definition) is 1. The molecule has 0 aromatic heterocycles. The van der Waals surface area contributed by atoms with Crippen LogP contribution in [0, 0.1) is 5.92 Å². The average molecular weight is 272 g/mol. The maximum absolute atomic E-state index is 6.29. The van der Waals surface area contributed by atoms with Crippen molar-refractivity contribution in [2.45, 2.75) is 51.0 Å². The molecule has 2 fully saturated rings. The van der Waals surface area contributed by atoms with Crippen molar-refractivity contribution in [3.05, 3.63) is 35.4 Å². The molecule has 3 rings (SSSR count). The van der Waals surface area contributed by atoms with Crippen molar-refractivity contribution in [3.8, 4) is 0 Å². The van der Waals surface area contributed by atoms with Crippen molar-refractivity contribution in [1.82, 2.24) is 4.90 Å². The Labute approximate surface area is 123 Å². The number of nitrogens with zero attached hydrogens (tertiary/aromatic N) is 1. The highest BCUT2D eigenvalue weighted by molar-refractivity contribution is 5.28. The number of piperidine rings is 1. The molecule has 0 spiro atoms. The van der Waals surface area contributed by atoms with Crippen LogP contribution >= 0.6 is 0 Å². The molecular formula is C18H28N2. The first-order chi connectivity index (χ1) is 9.61. The Bertz CT molecular complexity index is 431. The smallest absolute Gasteiger partial charge is 0.0174 e. The minimum atomic E-state index is 0.345. The van der Waals surface area contributed by atoms with E-state index in [-0.39, 0.29) is 0 Å². The first-order valence-corrected chi connectivity index (χ1v) is 8.19. The summed E-state index contributed by atoms with van der Waals surface area (Å²) in [6, 6.07) is 9.59. The molecule has 0 bridgehead atoms. The van der Waals surface area contributed by atoms with Crippen molar-refractivity contribution in [3.63, 3.8) is 0 Å². The third-order valence-electron chi connectivity index (χ3n) is 4.85. The maximum Gasteiger partial charge on any atom is 0.0174 e. The second-order valence-corrected chi connectivity index (χ2v) is 7.18. The van der Waals surface area contributed by atoms with E-state index in [1.165, 1.54) is 37.1 Å². The zero-order valence-electron chi connectivity index (χ0n) is 12.9. The van der Waals surface area contributed by atoms with Gasteiger partial charge in [-0.25, -0.2) is 0 Å². The van der Waals surface area contributed by atoms with Crippen LogP contribution in [0.1, 0.15) is 56.1 Å². The summed E-state index contributed by atoms with van der Waals surface area (Å²) >= 11 is 0. The van der Waals surface area contributed by atoms with Crippen LogP contribution < -0.4 is 5.73 Å². The van der Waals surface area contributed by atoms with Gasteiger partial charge in [0.15, 0.2) is 0 Å². The lowest BCUT2D eigenvalue weighted by Crippen LogP contribution is -2.46. The lowest BCUT2D eigenvalue weighted by molar-refractivity contribution is 0.182. The van der Waals surface area contributed by atoms with Gasteiger partial charge in [0.2, 0.25) is 0 Å². The molecule has 1 saturated carbocycles. The standard InChI is InChI=1S/C18H28N2/c1-13(2)15-5-7-16(8-6-15)17-9-18(19)12-20(11-17)10-14-3-4-14/h5-8,13-14,17-18H,3-4,9-12,19H2,1-2H3. The van der Waals surface area contributed by atoms with Gasteiger partial charge in [0.05, 0.1) is 0 Å². The van der Waals surface area contributed by atoms with Gasteiger partial charge in [0.1, 0.15) is 0 Å². The molecule has 1 aliphatic heterocycles. The van der Waals surface area contributed by atoms with E-state index in [4.69, 9.17) is 5.73 Å². The molecule has 110 valence electrons. The molecule has 0 radical (unpaired) electrons. The van der Waals surface area contributed by atoms with Gasteiger partial charge >= 0.3 is 0 Å². The number of nitrogens with two attached hydrogens (primary N) is 1. The molecule has 1 saturated heterocycles. The van der Waals surface area contributed by atoms with Crippen LogP contribution in [0.15, 0.2) is 24.3 Å². The van der Waals surface area contributed by atoms with E-state index in [9.17, 15) is 0 Å². The summed E-state index contributed by atoms with van der Waals surface area (Å²) in [4.78, 5) is 2.60. The molecule has 0 amide bonds. The molecule has 2 aliphatic rings. The molecule has 20 heavy (non-hydrogen) atoms. The van der Waals surface area contributed by atoms with Gasteiger partial charge in [-0.15, -0.1) is 0 Å². The monoisotopic (exact) mass is 272 g/mol. The SMILES string of the molecule is CC(C)c1ccc(C2CC(N)CN(CC3CC3)C2)cc1. The van der Waals surface area contributed by atoms with Gasteiger partial charge in [0, 0.05) is 25.7 Å². The Morgan fingerprint density at radius 2 is 1.85 bits per heavy atom. The summed E-state index contributed by atoms with van der Waals surface area (Å²) in [7, 11) is 0. The van der Waals surface area contributed by atoms with Crippen LogP contribution in [0.4, 0.5) is 0 Å². The highest BCUT2D eigenvalue weighted by atomic mass is 15.2. The number of hydrogen-bond acceptors (Lipinski definition) is 2. The average Bonchev–Trinajstić information content (AvgIpc) is 3.22. The summed E-state index contributed by atoms with van der Waals surface area (Å²) in [6.07, 6.45) is 4.00. The number of rotatable bonds is 4. The fourth-order valence-electron chi connectivity index (χ4n) is 3.44. The van der Waals surface area contributed by atoms with Gasteiger partial charge in [-0.1, -0.05) is 38.1 Å². The summed E-state index contributed by atoms with van der Waals surface area (Å²) in [6.45, 7) is 8.07. The van der Waals surface area contributed by atoms with Gasteiger partial charge < -0.3 is 10.6 Å². The third kappa shape index (κ3) is 3.42. The molecule has 2 N–H and O–H groups in total. The lowest BCUT2D eigenvalue weighted by Gasteiger charge is -2.36. The zero-order valence-corrected chi connectivity index (χ0v) is 12.9. The summed E-state index contributed by atoms with van der Waals surface area (Å²) in [5.74, 6) is 2.20. The summed E-state index contributed by atoms with van der Waals surface area (Å²) in [5.41, 5.74) is 9.20. The predicted molar refractivity (Wildman–Crippen MR) is 85.0 cm³/mol. The van der Waals surface area contributed by atoms with Gasteiger partial charge in [0.25, 0.3) is 0 Å². The molecule has 1 aromatic rings. The second-order valence-electron chi connectivity index (χ2n) is 7.18. The Morgan fingerprint density at radius 3 is 2.45 bits per heavy atom. The second kappa shape index (κ2) is 5.87. The zero-order chi connectivity index (χ0) is 14.1. The first-order valence-electron chi connectivity index (χ1n) is 8.19. The lowest BCUT2D eigenvalue weighted by atomic mass is 9.87. The van der Waals surface area contributed by atoms with E-state index >= 15 is 0 Å². The van der Waals surface area contributed by atoms with Crippen molar-refractivity contribution in [2.75, 3.05) is 19.6 Å². The largest absolute Gasteiger partial charge is 0.327 e. The Balaban J connectivity index is 1.67. The van der Waals surface area contributed by atoms with Crippen LogP contribution in [0.25, 0.3) is 0 Å². The van der Waals surface area contributed by atoms with E-state index in [1.807, 2.05) is 0 Å². The van der Waals surface area contributed by atoms with E-state index in [0.717, 1.165) is 18.9 Å². The van der Waals surface area contributed by atoms with Gasteiger partial charge in [-0.3, -0.25) is 0 Å². The molecule has 1 aromatic carbocycles. The normalized spacial score (nSPS) is 28.0. The van der Waals surface area contributed by atoms with Crippen LogP contribution in [-0.4, -0.2) is 30.6 Å². The summed E-state index contributed by atoms with van der Waals surface area (Å²) < 4.78 is 0. The van der Waals surface area contributed by atoms with Crippen molar-refractivity contribution >= 4 is 0 Å². The molecule has 1 aliphatic carbocycles. The Morgan fingerprint density at radius 1 is 1.15 bits per heavy atom. The number of likely N-dealkylation sites (tertiary alicyclic amines) is 1. The quantitative estimate of drug-likeness (QED) is 0.911. The van der Waals surface area contributed by atoms with Crippen LogP contribution in [0.3, 0.4) is 0 Å². The molecule has 2 nitrogen and oxygen atoms in total. The fourth-order valence-corrected chi connectivity index (χ4v) is 3.44. The topological polar surface area (TPSA) is 29.3 Å². The van der Waals surface area contributed by atoms with Gasteiger partial charge in [-0.05, 0) is 48.1 Å². The van der Waals surface area contributed by atoms with E-state index in [1.54, 1.807) is 0 Å². The first kappa shape index (κ1) is 14.1. The fraction of sp³-hybridized carbons (Fsp3) is 0.667. The molecule has 1 heterocycles. The van der Waals surface area contributed by atoms with Crippen molar-refractivity contribution in [2.24, 2.45) is 11.7 Å². The third-order valence-corrected chi connectivity index (χ3v) is 4.85. The van der Waals surface area contributed by atoms with Crippen molar-refractivity contribution < 1.29 is 0 Å². The maximum atomic E-state index is 6.29. The minimum absolute atomic E-state index is 0.345. The Kier molecular flexibility index (Phi) is 4.13. The van der Waals surface area contributed by atoms with Crippen LogP contribution in [-0.2, 0) is 0 Å². The minimum Gasteiger partial charge on any atom is -0.327 e.